The predicted octanol–water partition coefficient (Wildman–Crippen LogP) is 3.91. The van der Waals surface area contributed by atoms with Gasteiger partial charge in [0, 0.05) is 0 Å². The van der Waals surface area contributed by atoms with Crippen molar-refractivity contribution in [2.45, 2.75) is 39.0 Å². The summed E-state index contributed by atoms with van der Waals surface area (Å²) in [5.74, 6) is -0.507. The third kappa shape index (κ3) is 5.19. The van der Waals surface area contributed by atoms with E-state index in [4.69, 9.17) is 27.9 Å². The molecule has 0 bridgehead atoms. The van der Waals surface area contributed by atoms with E-state index < -0.39 is 5.97 Å². The Kier molecular flexibility index (Phi) is 6.98. The van der Waals surface area contributed by atoms with E-state index in [1.54, 1.807) is 0 Å². The second kappa shape index (κ2) is 8.27. The van der Waals surface area contributed by atoms with Crippen molar-refractivity contribution in [3.8, 4) is 0 Å². The third-order valence-corrected chi connectivity index (χ3v) is 2.88. The Labute approximate surface area is 117 Å². The van der Waals surface area contributed by atoms with Gasteiger partial charge in [-0.3, -0.25) is 0 Å². The minimum absolute atomic E-state index is 0.00961. The van der Waals surface area contributed by atoms with Crippen molar-refractivity contribution in [3.05, 3.63) is 21.9 Å². The highest BCUT2D eigenvalue weighted by Gasteiger charge is 2.14. The molecule has 1 rings (SSSR count). The maximum absolute atomic E-state index is 11.7. The molecule has 0 aromatic carbocycles. The predicted molar refractivity (Wildman–Crippen MR) is 71.1 cm³/mol. The Balaban J connectivity index is 2.34. The molecule has 0 spiro atoms. The number of nitrogens with zero attached hydrogens (tertiary/aromatic N) is 2. The molecule has 4 nitrogen and oxygen atoms in total. The zero-order valence-electron chi connectivity index (χ0n) is 10.3. The first-order valence-corrected chi connectivity index (χ1v) is 6.76. The van der Waals surface area contributed by atoms with Gasteiger partial charge in [0.05, 0.1) is 6.61 Å². The van der Waals surface area contributed by atoms with Crippen molar-refractivity contribution >= 4 is 29.2 Å². The molecule has 0 radical (unpaired) electrons. The summed E-state index contributed by atoms with van der Waals surface area (Å²) in [6.07, 6.45) is 5.48. The van der Waals surface area contributed by atoms with Gasteiger partial charge in [-0.1, -0.05) is 55.8 Å². The largest absolute Gasteiger partial charge is 0.462 e. The third-order valence-electron chi connectivity index (χ3n) is 2.42. The van der Waals surface area contributed by atoms with Crippen LogP contribution in [0.4, 0.5) is 0 Å². The van der Waals surface area contributed by atoms with Gasteiger partial charge in [0.15, 0.2) is 10.3 Å². The van der Waals surface area contributed by atoms with Crippen LogP contribution in [0.3, 0.4) is 0 Å². The zero-order chi connectivity index (χ0) is 13.4. The van der Waals surface area contributed by atoms with E-state index in [0.717, 1.165) is 19.3 Å². The van der Waals surface area contributed by atoms with Crippen molar-refractivity contribution in [2.75, 3.05) is 6.61 Å². The maximum atomic E-state index is 11.7. The van der Waals surface area contributed by atoms with Crippen molar-refractivity contribution in [1.82, 2.24) is 10.2 Å². The smallest absolute Gasteiger partial charge is 0.341 e. The fourth-order valence-electron chi connectivity index (χ4n) is 1.44. The molecule has 0 aliphatic carbocycles. The van der Waals surface area contributed by atoms with Crippen molar-refractivity contribution in [1.29, 1.82) is 0 Å². The van der Waals surface area contributed by atoms with Gasteiger partial charge in [0.2, 0.25) is 0 Å². The number of rotatable bonds is 7. The lowest BCUT2D eigenvalue weighted by atomic mass is 10.2. The van der Waals surface area contributed by atoms with Crippen LogP contribution in [0.5, 0.6) is 0 Å². The number of halogens is 2. The lowest BCUT2D eigenvalue weighted by molar-refractivity contribution is 0.0497. The molecule has 1 aromatic heterocycles. The molecule has 0 saturated heterocycles. The molecule has 1 aromatic rings. The number of aromatic nitrogens is 2. The van der Waals surface area contributed by atoms with Gasteiger partial charge in [-0.25, -0.2) is 4.79 Å². The van der Waals surface area contributed by atoms with Crippen molar-refractivity contribution < 1.29 is 9.53 Å². The lowest BCUT2D eigenvalue weighted by Crippen LogP contribution is -2.08. The summed E-state index contributed by atoms with van der Waals surface area (Å²) in [5, 5.41) is 7.21. The first-order chi connectivity index (χ1) is 8.65. The number of unbranched alkanes of at least 4 members (excludes halogenated alkanes) is 4. The number of carbonyl (C=O) groups excluding carboxylic acids is 1. The molecular weight excluding hydrogens is 275 g/mol. The highest BCUT2D eigenvalue weighted by Crippen LogP contribution is 2.16. The first-order valence-electron chi connectivity index (χ1n) is 6.01. The highest BCUT2D eigenvalue weighted by atomic mass is 35.5. The minimum atomic E-state index is -0.507. The standard InChI is InChI=1S/C12H16Cl2N2O2/c1-2-3-4-5-6-7-18-12(17)9-8-10(13)15-16-11(9)14/h8H,2-7H2,1H3. The quantitative estimate of drug-likeness (QED) is 0.564. The molecular formula is C12H16Cl2N2O2. The lowest BCUT2D eigenvalue weighted by Gasteiger charge is -2.05. The molecule has 0 atom stereocenters. The summed E-state index contributed by atoms with van der Waals surface area (Å²) in [4.78, 5) is 11.7. The molecule has 0 aliphatic rings. The molecule has 0 saturated carbocycles. The van der Waals surface area contributed by atoms with Crippen molar-refractivity contribution in [3.63, 3.8) is 0 Å². The first kappa shape index (κ1) is 15.2. The molecule has 0 N–H and O–H groups in total. The Bertz CT molecular complexity index is 400. The fraction of sp³-hybridized carbons (Fsp3) is 0.583. The van der Waals surface area contributed by atoms with Gasteiger partial charge >= 0.3 is 5.97 Å². The molecule has 6 heteroatoms. The summed E-state index contributed by atoms with van der Waals surface area (Å²) in [6, 6.07) is 1.36. The van der Waals surface area contributed by atoms with Gasteiger partial charge < -0.3 is 4.74 Å². The Morgan fingerprint density at radius 1 is 1.22 bits per heavy atom. The second-order valence-electron chi connectivity index (χ2n) is 3.92. The van der Waals surface area contributed by atoms with Crippen LogP contribution in [0.2, 0.25) is 10.3 Å². The number of ether oxygens (including phenoxy) is 1. The van der Waals surface area contributed by atoms with E-state index >= 15 is 0 Å². The fourth-order valence-corrected chi connectivity index (χ4v) is 1.76. The molecule has 0 amide bonds. The van der Waals surface area contributed by atoms with E-state index in [1.807, 2.05) is 0 Å². The second-order valence-corrected chi connectivity index (χ2v) is 4.67. The van der Waals surface area contributed by atoms with E-state index in [0.29, 0.717) is 6.61 Å². The Morgan fingerprint density at radius 2 is 1.94 bits per heavy atom. The van der Waals surface area contributed by atoms with Gasteiger partial charge in [-0.05, 0) is 12.5 Å². The van der Waals surface area contributed by atoms with E-state index in [1.165, 1.54) is 18.9 Å². The molecule has 18 heavy (non-hydrogen) atoms. The number of hydrogen-bond donors (Lipinski definition) is 0. The van der Waals surface area contributed by atoms with Crippen LogP contribution in [0.25, 0.3) is 0 Å². The van der Waals surface area contributed by atoms with Gasteiger partial charge in [-0.2, -0.15) is 0 Å². The maximum Gasteiger partial charge on any atom is 0.341 e. The molecule has 1 heterocycles. The summed E-state index contributed by atoms with van der Waals surface area (Å²) in [7, 11) is 0. The van der Waals surface area contributed by atoms with Gasteiger partial charge in [-0.15, -0.1) is 10.2 Å². The summed E-state index contributed by atoms with van der Waals surface area (Å²) in [6.45, 7) is 2.54. The molecule has 0 fully saturated rings. The zero-order valence-corrected chi connectivity index (χ0v) is 11.8. The van der Waals surface area contributed by atoms with Crippen LogP contribution >= 0.6 is 23.2 Å². The average Bonchev–Trinajstić information content (AvgIpc) is 2.36. The van der Waals surface area contributed by atoms with E-state index in [-0.39, 0.29) is 15.9 Å². The highest BCUT2D eigenvalue weighted by molar-refractivity contribution is 6.33. The number of esters is 1. The van der Waals surface area contributed by atoms with Gasteiger partial charge in [0.1, 0.15) is 5.56 Å². The summed E-state index contributed by atoms with van der Waals surface area (Å²) in [5.41, 5.74) is 0.158. The van der Waals surface area contributed by atoms with Crippen LogP contribution in [0.15, 0.2) is 6.07 Å². The average molecular weight is 291 g/mol. The number of hydrogen-bond acceptors (Lipinski definition) is 4. The normalized spacial score (nSPS) is 10.4. The Morgan fingerprint density at radius 3 is 2.67 bits per heavy atom. The van der Waals surface area contributed by atoms with Crippen LogP contribution in [0, 0.1) is 0 Å². The van der Waals surface area contributed by atoms with Crippen LogP contribution in [-0.4, -0.2) is 22.8 Å². The topological polar surface area (TPSA) is 52.1 Å². The van der Waals surface area contributed by atoms with Crippen LogP contribution in [-0.2, 0) is 4.74 Å². The molecule has 0 aliphatic heterocycles. The number of carbonyl (C=O) groups is 1. The summed E-state index contributed by atoms with van der Waals surface area (Å²) < 4.78 is 5.09. The van der Waals surface area contributed by atoms with E-state index in [9.17, 15) is 4.79 Å². The summed E-state index contributed by atoms with van der Waals surface area (Å²) >= 11 is 11.4. The Hall–Kier alpha value is -0.870. The van der Waals surface area contributed by atoms with Crippen molar-refractivity contribution in [2.24, 2.45) is 0 Å². The van der Waals surface area contributed by atoms with E-state index in [2.05, 4.69) is 17.1 Å². The monoisotopic (exact) mass is 290 g/mol. The minimum Gasteiger partial charge on any atom is -0.462 e. The van der Waals surface area contributed by atoms with Gasteiger partial charge in [0.25, 0.3) is 0 Å². The van der Waals surface area contributed by atoms with Crippen LogP contribution in [0.1, 0.15) is 49.4 Å². The SMILES string of the molecule is CCCCCCCOC(=O)c1cc(Cl)nnc1Cl. The molecule has 100 valence electrons. The van der Waals surface area contributed by atoms with Crippen LogP contribution < -0.4 is 0 Å². The molecule has 0 unspecified atom stereocenters.